The van der Waals surface area contributed by atoms with Crippen LogP contribution in [-0.4, -0.2) is 30.7 Å². The minimum absolute atomic E-state index is 0.0128. The number of anilines is 1. The van der Waals surface area contributed by atoms with Gasteiger partial charge >= 0.3 is 0 Å². The van der Waals surface area contributed by atoms with Crippen molar-refractivity contribution in [2.24, 2.45) is 0 Å². The monoisotopic (exact) mass is 276 g/mol. The van der Waals surface area contributed by atoms with Gasteiger partial charge < -0.3 is 10.2 Å². The molecule has 5 heteroatoms. The van der Waals surface area contributed by atoms with E-state index >= 15 is 0 Å². The van der Waals surface area contributed by atoms with Gasteiger partial charge in [-0.05, 0) is 31.2 Å². The highest BCUT2D eigenvalue weighted by atomic mass is 16.2. The highest BCUT2D eigenvalue weighted by Gasteiger charge is 2.12. The first-order valence-corrected chi connectivity index (χ1v) is 6.61. The Bertz CT molecular complexity index is 494. The van der Waals surface area contributed by atoms with Crippen molar-refractivity contribution in [3.63, 3.8) is 0 Å². The average Bonchev–Trinajstić information content (AvgIpc) is 2.43. The highest BCUT2D eigenvalue weighted by Crippen LogP contribution is 2.15. The van der Waals surface area contributed by atoms with E-state index in [-0.39, 0.29) is 17.6 Å². The summed E-state index contributed by atoms with van der Waals surface area (Å²) >= 11 is 0. The summed E-state index contributed by atoms with van der Waals surface area (Å²) in [7, 11) is 0. The average molecular weight is 276 g/mol. The van der Waals surface area contributed by atoms with Gasteiger partial charge in [0.2, 0.25) is 11.8 Å². The van der Waals surface area contributed by atoms with Crippen LogP contribution in [0.2, 0.25) is 0 Å². The zero-order valence-electron chi connectivity index (χ0n) is 12.1. The third-order valence-corrected chi connectivity index (χ3v) is 2.94. The molecular formula is C15H20N2O3. The van der Waals surface area contributed by atoms with E-state index < -0.39 is 0 Å². The zero-order valence-corrected chi connectivity index (χ0v) is 12.1. The lowest BCUT2D eigenvalue weighted by atomic mass is 10.1. The molecule has 0 unspecified atom stereocenters. The molecular weight excluding hydrogens is 256 g/mol. The van der Waals surface area contributed by atoms with Gasteiger partial charge in [-0.1, -0.05) is 6.92 Å². The lowest BCUT2D eigenvalue weighted by Gasteiger charge is -2.21. The van der Waals surface area contributed by atoms with Gasteiger partial charge in [0.25, 0.3) is 0 Å². The van der Waals surface area contributed by atoms with Crippen LogP contribution in [0.3, 0.4) is 0 Å². The van der Waals surface area contributed by atoms with Gasteiger partial charge in [0.05, 0.1) is 0 Å². The van der Waals surface area contributed by atoms with Crippen LogP contribution in [0.1, 0.15) is 37.6 Å². The second-order valence-electron chi connectivity index (χ2n) is 4.48. The fraction of sp³-hybridized carbons (Fsp3) is 0.400. The summed E-state index contributed by atoms with van der Waals surface area (Å²) in [5.74, 6) is -0.159. The third-order valence-electron chi connectivity index (χ3n) is 2.94. The van der Waals surface area contributed by atoms with Crippen molar-refractivity contribution in [3.8, 4) is 0 Å². The molecule has 0 spiro atoms. The lowest BCUT2D eigenvalue weighted by Crippen LogP contribution is -2.37. The first-order chi connectivity index (χ1) is 9.45. The topological polar surface area (TPSA) is 66.5 Å². The van der Waals surface area contributed by atoms with E-state index in [0.29, 0.717) is 30.8 Å². The molecule has 1 N–H and O–H groups in total. The zero-order chi connectivity index (χ0) is 15.1. The number of benzene rings is 1. The number of carbonyl (C=O) groups excluding carboxylic acids is 3. The minimum atomic E-state index is -0.105. The van der Waals surface area contributed by atoms with Crippen LogP contribution in [0.5, 0.6) is 0 Å². The van der Waals surface area contributed by atoms with Crippen molar-refractivity contribution in [2.45, 2.75) is 27.2 Å². The Morgan fingerprint density at radius 1 is 1.10 bits per heavy atom. The maximum atomic E-state index is 11.7. The highest BCUT2D eigenvalue weighted by molar-refractivity contribution is 5.96. The molecule has 0 aliphatic rings. The summed E-state index contributed by atoms with van der Waals surface area (Å²) in [6.45, 7) is 5.55. The number of ketones is 1. The van der Waals surface area contributed by atoms with Crippen LogP contribution in [0, 0.1) is 0 Å². The Morgan fingerprint density at radius 2 is 1.70 bits per heavy atom. The maximum absolute atomic E-state index is 11.7. The van der Waals surface area contributed by atoms with Gasteiger partial charge in [-0.25, -0.2) is 0 Å². The van der Waals surface area contributed by atoms with Crippen LogP contribution >= 0.6 is 0 Å². The summed E-state index contributed by atoms with van der Waals surface area (Å²) in [6.07, 6.45) is 0.424. The Hall–Kier alpha value is -2.17. The third kappa shape index (κ3) is 4.50. The van der Waals surface area contributed by atoms with Crippen molar-refractivity contribution in [1.29, 1.82) is 0 Å². The fourth-order valence-electron chi connectivity index (χ4n) is 1.78. The second kappa shape index (κ2) is 7.43. The molecule has 1 aromatic carbocycles. The molecule has 2 amide bonds. The minimum Gasteiger partial charge on any atom is -0.354 e. The Labute approximate surface area is 119 Å². The first-order valence-electron chi connectivity index (χ1n) is 6.61. The first kappa shape index (κ1) is 15.9. The van der Waals surface area contributed by atoms with Crippen molar-refractivity contribution in [3.05, 3.63) is 29.8 Å². The second-order valence-corrected chi connectivity index (χ2v) is 4.48. The molecule has 0 atom stereocenters. The molecule has 0 fully saturated rings. The predicted molar refractivity (Wildman–Crippen MR) is 77.8 cm³/mol. The molecule has 0 aromatic heterocycles. The van der Waals surface area contributed by atoms with Gasteiger partial charge in [-0.15, -0.1) is 0 Å². The van der Waals surface area contributed by atoms with E-state index in [4.69, 9.17) is 0 Å². The molecule has 0 aliphatic heterocycles. The Balaban J connectivity index is 2.73. The number of nitrogens with one attached hydrogen (secondary N) is 1. The number of rotatable bonds is 6. The number of carbonyl (C=O) groups is 3. The van der Waals surface area contributed by atoms with E-state index in [1.165, 1.54) is 13.8 Å². The summed E-state index contributed by atoms with van der Waals surface area (Å²) in [6, 6.07) is 6.86. The summed E-state index contributed by atoms with van der Waals surface area (Å²) < 4.78 is 0. The lowest BCUT2D eigenvalue weighted by molar-refractivity contribution is -0.121. The smallest absolute Gasteiger partial charge is 0.223 e. The number of hydrogen-bond acceptors (Lipinski definition) is 3. The molecule has 1 rings (SSSR count). The standard InChI is InChI=1S/C15H20N2O3/c1-4-15(20)16-9-10-17(12(3)19)14-7-5-13(6-8-14)11(2)18/h5-8H,4,9-10H2,1-3H3,(H,16,20). The number of Topliss-reactive ketones (excluding diaryl/α,β-unsaturated/α-hetero) is 1. The molecule has 0 heterocycles. The Morgan fingerprint density at radius 3 is 2.15 bits per heavy atom. The Kier molecular flexibility index (Phi) is 5.90. The number of amides is 2. The molecule has 0 aliphatic carbocycles. The normalized spacial score (nSPS) is 9.95. The summed E-state index contributed by atoms with van der Waals surface area (Å²) in [4.78, 5) is 35.6. The van der Waals surface area contributed by atoms with Gasteiger partial charge in [0.1, 0.15) is 0 Å². The molecule has 0 bridgehead atoms. The van der Waals surface area contributed by atoms with Crippen LogP contribution in [0.4, 0.5) is 5.69 Å². The maximum Gasteiger partial charge on any atom is 0.223 e. The largest absolute Gasteiger partial charge is 0.354 e. The van der Waals surface area contributed by atoms with Crippen LogP contribution in [-0.2, 0) is 9.59 Å². The van der Waals surface area contributed by atoms with Gasteiger partial charge in [0.15, 0.2) is 5.78 Å². The van der Waals surface area contributed by atoms with E-state index in [2.05, 4.69) is 5.32 Å². The molecule has 0 saturated heterocycles. The van der Waals surface area contributed by atoms with Crippen LogP contribution in [0.25, 0.3) is 0 Å². The number of nitrogens with zero attached hydrogens (tertiary/aromatic N) is 1. The fourth-order valence-corrected chi connectivity index (χ4v) is 1.78. The SMILES string of the molecule is CCC(=O)NCCN(C(C)=O)c1ccc(C(C)=O)cc1. The van der Waals surface area contributed by atoms with Crippen molar-refractivity contribution < 1.29 is 14.4 Å². The molecule has 0 radical (unpaired) electrons. The van der Waals surface area contributed by atoms with Gasteiger partial charge in [-0.3, -0.25) is 14.4 Å². The van der Waals surface area contributed by atoms with Crippen LogP contribution in [0.15, 0.2) is 24.3 Å². The number of hydrogen-bond donors (Lipinski definition) is 1. The predicted octanol–water partition coefficient (Wildman–Crippen LogP) is 1.77. The molecule has 0 saturated carbocycles. The molecule has 1 aromatic rings. The molecule has 5 nitrogen and oxygen atoms in total. The molecule has 108 valence electrons. The van der Waals surface area contributed by atoms with Gasteiger partial charge in [0, 0.05) is 37.7 Å². The van der Waals surface area contributed by atoms with E-state index in [9.17, 15) is 14.4 Å². The van der Waals surface area contributed by atoms with Crippen molar-refractivity contribution in [1.82, 2.24) is 5.32 Å². The quantitative estimate of drug-likeness (QED) is 0.805. The van der Waals surface area contributed by atoms with E-state index in [1.807, 2.05) is 0 Å². The summed E-state index contributed by atoms with van der Waals surface area (Å²) in [5.41, 5.74) is 1.32. The molecule has 20 heavy (non-hydrogen) atoms. The van der Waals surface area contributed by atoms with Crippen LogP contribution < -0.4 is 10.2 Å². The van der Waals surface area contributed by atoms with Crippen molar-refractivity contribution >= 4 is 23.3 Å². The van der Waals surface area contributed by atoms with Crippen molar-refractivity contribution in [2.75, 3.05) is 18.0 Å². The summed E-state index contributed by atoms with van der Waals surface area (Å²) in [5, 5.41) is 2.73. The van der Waals surface area contributed by atoms with E-state index in [1.54, 1.807) is 36.1 Å². The van der Waals surface area contributed by atoms with E-state index in [0.717, 1.165) is 0 Å². The van der Waals surface area contributed by atoms with Gasteiger partial charge in [-0.2, -0.15) is 0 Å².